The van der Waals surface area contributed by atoms with Crippen LogP contribution in [0, 0.1) is 13.8 Å². The fourth-order valence-electron chi connectivity index (χ4n) is 3.07. The van der Waals surface area contributed by atoms with Crippen molar-refractivity contribution >= 4 is 22.9 Å². The summed E-state index contributed by atoms with van der Waals surface area (Å²) >= 11 is 0. The van der Waals surface area contributed by atoms with Crippen LogP contribution in [0.5, 0.6) is 0 Å². The molecule has 0 saturated heterocycles. The van der Waals surface area contributed by atoms with E-state index in [0.717, 1.165) is 5.69 Å². The van der Waals surface area contributed by atoms with Gasteiger partial charge in [-0.25, -0.2) is 4.98 Å². The lowest BCUT2D eigenvalue weighted by Crippen LogP contribution is -2.49. The van der Waals surface area contributed by atoms with E-state index < -0.39 is 11.5 Å². The number of carboxylic acids is 1. The number of nitrogens with zero attached hydrogens (tertiary/aromatic N) is 3. The van der Waals surface area contributed by atoms with E-state index in [1.807, 2.05) is 27.7 Å². The Balaban J connectivity index is 2.49. The minimum Gasteiger partial charge on any atom is -0.481 e. The topological polar surface area (TPSA) is 97.1 Å². The second-order valence-electron chi connectivity index (χ2n) is 6.23. The predicted octanol–water partition coefficient (Wildman–Crippen LogP) is 2.35. The van der Waals surface area contributed by atoms with Crippen LogP contribution in [0.2, 0.25) is 0 Å². The first-order valence-corrected chi connectivity index (χ1v) is 8.08. The highest BCUT2D eigenvalue weighted by molar-refractivity contribution is 6.07. The Morgan fingerprint density at radius 3 is 2.46 bits per heavy atom. The lowest BCUT2D eigenvalue weighted by atomic mass is 9.88. The van der Waals surface area contributed by atoms with Crippen molar-refractivity contribution in [3.8, 4) is 0 Å². The van der Waals surface area contributed by atoms with Crippen molar-refractivity contribution in [2.24, 2.45) is 7.05 Å². The van der Waals surface area contributed by atoms with Crippen LogP contribution in [0.4, 0.5) is 0 Å². The first-order chi connectivity index (χ1) is 11.2. The average Bonchev–Trinajstić information content (AvgIpc) is 2.79. The molecule has 2 aromatic heterocycles. The SMILES string of the molecule is CCC(CC)(CC(=O)O)NC(=O)c1cc(C)nc2c1c(C)nn2C. The molecule has 0 saturated carbocycles. The van der Waals surface area contributed by atoms with E-state index in [2.05, 4.69) is 15.4 Å². The molecule has 7 heteroatoms. The molecule has 0 fully saturated rings. The van der Waals surface area contributed by atoms with Crippen molar-refractivity contribution in [1.29, 1.82) is 0 Å². The molecule has 0 atom stereocenters. The van der Waals surface area contributed by atoms with E-state index in [1.165, 1.54) is 0 Å². The zero-order chi connectivity index (χ0) is 18.1. The molecule has 2 rings (SSSR count). The van der Waals surface area contributed by atoms with Gasteiger partial charge in [0, 0.05) is 12.7 Å². The Labute approximate surface area is 141 Å². The van der Waals surface area contributed by atoms with Crippen LogP contribution < -0.4 is 5.32 Å². The molecule has 7 nitrogen and oxygen atoms in total. The molecular formula is C17H24N4O3. The van der Waals surface area contributed by atoms with E-state index in [0.29, 0.717) is 35.1 Å². The lowest BCUT2D eigenvalue weighted by molar-refractivity contribution is -0.138. The van der Waals surface area contributed by atoms with Gasteiger partial charge in [0.2, 0.25) is 0 Å². The minimum absolute atomic E-state index is 0.106. The Bertz CT molecular complexity index is 791. The third kappa shape index (κ3) is 3.25. The number of amides is 1. The van der Waals surface area contributed by atoms with Crippen molar-refractivity contribution in [2.75, 3.05) is 0 Å². The fourth-order valence-corrected chi connectivity index (χ4v) is 3.07. The van der Waals surface area contributed by atoms with Gasteiger partial charge in [0.05, 0.1) is 28.6 Å². The standard InChI is InChI=1S/C17H24N4O3/c1-6-17(7-2,9-13(22)23)19-16(24)12-8-10(3)18-15-14(12)11(4)20-21(15)5/h8H,6-7,9H2,1-5H3,(H,19,24)(H,22,23). The quantitative estimate of drug-likeness (QED) is 0.846. The van der Waals surface area contributed by atoms with Crippen LogP contribution in [-0.2, 0) is 11.8 Å². The third-order valence-electron chi connectivity index (χ3n) is 4.56. The molecule has 24 heavy (non-hydrogen) atoms. The van der Waals surface area contributed by atoms with Gasteiger partial charge in [-0.3, -0.25) is 14.3 Å². The highest BCUT2D eigenvalue weighted by Gasteiger charge is 2.32. The van der Waals surface area contributed by atoms with Crippen molar-refractivity contribution in [2.45, 2.75) is 52.5 Å². The lowest BCUT2D eigenvalue weighted by Gasteiger charge is -2.31. The molecule has 0 radical (unpaired) electrons. The number of aryl methyl sites for hydroxylation is 3. The van der Waals surface area contributed by atoms with Gasteiger partial charge in [-0.05, 0) is 32.8 Å². The number of rotatable bonds is 6. The Kier molecular flexibility index (Phi) is 4.91. The number of fused-ring (bicyclic) bond motifs is 1. The summed E-state index contributed by atoms with van der Waals surface area (Å²) in [6.45, 7) is 7.42. The van der Waals surface area contributed by atoms with Crippen molar-refractivity contribution < 1.29 is 14.7 Å². The van der Waals surface area contributed by atoms with E-state index in [9.17, 15) is 14.7 Å². The molecule has 1 amide bonds. The number of hydrogen-bond donors (Lipinski definition) is 2. The van der Waals surface area contributed by atoms with Gasteiger partial charge in [-0.15, -0.1) is 0 Å². The molecule has 0 aliphatic carbocycles. The maximum Gasteiger partial charge on any atom is 0.305 e. The Hall–Kier alpha value is -2.44. The molecule has 0 aliphatic heterocycles. The molecule has 130 valence electrons. The summed E-state index contributed by atoms with van der Waals surface area (Å²) < 4.78 is 1.65. The highest BCUT2D eigenvalue weighted by atomic mass is 16.4. The van der Waals surface area contributed by atoms with E-state index >= 15 is 0 Å². The zero-order valence-electron chi connectivity index (χ0n) is 14.8. The minimum atomic E-state index is -0.924. The molecule has 0 bridgehead atoms. The van der Waals surface area contributed by atoms with Crippen LogP contribution in [-0.4, -0.2) is 37.3 Å². The smallest absolute Gasteiger partial charge is 0.305 e. The van der Waals surface area contributed by atoms with Gasteiger partial charge in [-0.1, -0.05) is 13.8 Å². The third-order valence-corrected chi connectivity index (χ3v) is 4.56. The number of nitrogens with one attached hydrogen (secondary N) is 1. The Morgan fingerprint density at radius 2 is 1.92 bits per heavy atom. The monoisotopic (exact) mass is 332 g/mol. The molecular weight excluding hydrogens is 308 g/mol. The number of carbonyl (C=O) groups excluding carboxylic acids is 1. The molecule has 2 heterocycles. The van der Waals surface area contributed by atoms with Crippen LogP contribution in [0.3, 0.4) is 0 Å². The van der Waals surface area contributed by atoms with Crippen molar-refractivity contribution in [3.63, 3.8) is 0 Å². The molecule has 0 unspecified atom stereocenters. The van der Waals surface area contributed by atoms with Gasteiger partial charge < -0.3 is 10.4 Å². The highest BCUT2D eigenvalue weighted by Crippen LogP contribution is 2.25. The van der Waals surface area contributed by atoms with Crippen LogP contribution in [0.1, 0.15) is 54.9 Å². The van der Waals surface area contributed by atoms with Crippen LogP contribution in [0.25, 0.3) is 11.0 Å². The van der Waals surface area contributed by atoms with Crippen molar-refractivity contribution in [1.82, 2.24) is 20.1 Å². The summed E-state index contributed by atoms with van der Waals surface area (Å²) in [5, 5.41) is 17.2. The van der Waals surface area contributed by atoms with Gasteiger partial charge in [0.15, 0.2) is 5.65 Å². The fraction of sp³-hybridized carbons (Fsp3) is 0.529. The first kappa shape index (κ1) is 17.9. The maximum atomic E-state index is 12.9. The predicted molar refractivity (Wildman–Crippen MR) is 91.0 cm³/mol. The number of pyridine rings is 1. The number of carboxylic acid groups (broad SMARTS) is 1. The van der Waals surface area contributed by atoms with Gasteiger partial charge >= 0.3 is 5.97 Å². The first-order valence-electron chi connectivity index (χ1n) is 8.08. The van der Waals surface area contributed by atoms with Gasteiger partial charge in [0.25, 0.3) is 5.91 Å². The van der Waals surface area contributed by atoms with Gasteiger partial charge in [-0.2, -0.15) is 5.10 Å². The summed E-state index contributed by atoms with van der Waals surface area (Å²) in [5.74, 6) is -1.21. The van der Waals surface area contributed by atoms with Crippen molar-refractivity contribution in [3.05, 3.63) is 23.0 Å². The summed E-state index contributed by atoms with van der Waals surface area (Å²) in [4.78, 5) is 28.6. The van der Waals surface area contributed by atoms with Crippen LogP contribution in [0.15, 0.2) is 6.07 Å². The van der Waals surface area contributed by atoms with E-state index in [1.54, 1.807) is 17.8 Å². The van der Waals surface area contributed by atoms with Gasteiger partial charge in [0.1, 0.15) is 0 Å². The number of aromatic nitrogens is 3. The molecule has 0 aliphatic rings. The summed E-state index contributed by atoms with van der Waals surface area (Å²) in [5.41, 5.74) is 1.81. The maximum absolute atomic E-state index is 12.9. The van der Waals surface area contributed by atoms with E-state index in [-0.39, 0.29) is 12.3 Å². The number of carbonyl (C=O) groups is 2. The Morgan fingerprint density at radius 1 is 1.29 bits per heavy atom. The normalized spacial score (nSPS) is 11.7. The summed E-state index contributed by atoms with van der Waals surface area (Å²) in [6.07, 6.45) is 0.979. The van der Waals surface area contributed by atoms with E-state index in [4.69, 9.17) is 0 Å². The molecule has 2 aromatic rings. The average molecular weight is 332 g/mol. The second kappa shape index (κ2) is 6.59. The summed E-state index contributed by atoms with van der Waals surface area (Å²) in [6, 6.07) is 1.73. The van der Waals surface area contributed by atoms with Crippen LogP contribution >= 0.6 is 0 Å². The molecule has 0 spiro atoms. The zero-order valence-corrected chi connectivity index (χ0v) is 14.8. The number of aliphatic carboxylic acids is 1. The summed E-state index contributed by atoms with van der Waals surface area (Å²) in [7, 11) is 1.79. The second-order valence-corrected chi connectivity index (χ2v) is 6.23. The molecule has 0 aromatic carbocycles. The molecule has 2 N–H and O–H groups in total. The largest absolute Gasteiger partial charge is 0.481 e. The number of hydrogen-bond acceptors (Lipinski definition) is 4.